The van der Waals surface area contributed by atoms with Crippen LogP contribution in [0.1, 0.15) is 59.1 Å². The molecule has 0 heterocycles. The maximum Gasteiger partial charge on any atom is 0.126 e. The second-order valence-corrected chi connectivity index (χ2v) is 7.52. The van der Waals surface area contributed by atoms with Crippen LogP contribution in [-0.2, 0) is 25.7 Å². The van der Waals surface area contributed by atoms with Gasteiger partial charge in [0, 0.05) is 11.1 Å². The number of hydrogen-bond donors (Lipinski definition) is 2. The molecule has 0 unspecified atom stereocenters. The van der Waals surface area contributed by atoms with Crippen LogP contribution in [0.25, 0.3) is 11.1 Å². The molecule has 2 N–H and O–H groups in total. The van der Waals surface area contributed by atoms with Crippen LogP contribution in [0.15, 0.2) is 12.1 Å². The predicted molar refractivity (Wildman–Crippen MR) is 98.0 cm³/mol. The van der Waals surface area contributed by atoms with Crippen LogP contribution in [0.4, 0.5) is 0 Å². The summed E-state index contributed by atoms with van der Waals surface area (Å²) in [6.45, 7) is 3.96. The Balaban J connectivity index is 2.07. The molecule has 2 nitrogen and oxygen atoms in total. The van der Waals surface area contributed by atoms with Gasteiger partial charge in [-0.15, -0.1) is 0 Å². The van der Waals surface area contributed by atoms with Gasteiger partial charge in [0.2, 0.25) is 0 Å². The molecule has 0 spiro atoms. The third-order valence-electron chi connectivity index (χ3n) is 5.88. The van der Waals surface area contributed by atoms with Gasteiger partial charge in [0.1, 0.15) is 11.5 Å². The van der Waals surface area contributed by atoms with E-state index in [1.54, 1.807) is 0 Å². The van der Waals surface area contributed by atoms with E-state index in [0.29, 0.717) is 11.5 Å². The van der Waals surface area contributed by atoms with Gasteiger partial charge >= 0.3 is 0 Å². The zero-order valence-electron chi connectivity index (χ0n) is 14.7. The van der Waals surface area contributed by atoms with E-state index >= 15 is 0 Å². The Labute approximate surface area is 144 Å². The van der Waals surface area contributed by atoms with Gasteiger partial charge in [0.05, 0.1) is 0 Å². The Kier molecular flexibility index (Phi) is 3.79. The number of fused-ring (bicyclic) bond motifs is 2. The van der Waals surface area contributed by atoms with Crippen molar-refractivity contribution >= 4 is 0 Å². The summed E-state index contributed by atoms with van der Waals surface area (Å²) >= 11 is 0. The first-order valence-electron chi connectivity index (χ1n) is 9.27. The van der Waals surface area contributed by atoms with Crippen molar-refractivity contribution < 1.29 is 10.2 Å². The highest BCUT2D eigenvalue weighted by Gasteiger charge is 2.26. The van der Waals surface area contributed by atoms with Crippen molar-refractivity contribution in [1.29, 1.82) is 0 Å². The second kappa shape index (κ2) is 5.84. The average Bonchev–Trinajstić information content (AvgIpc) is 2.58. The second-order valence-electron chi connectivity index (χ2n) is 7.52. The molecule has 0 bridgehead atoms. The van der Waals surface area contributed by atoms with E-state index in [4.69, 9.17) is 0 Å². The molecule has 0 atom stereocenters. The number of benzene rings is 2. The Bertz CT molecular complexity index is 748. The number of phenols is 2. The Morgan fingerprint density at radius 3 is 1.42 bits per heavy atom. The lowest BCUT2D eigenvalue weighted by Crippen LogP contribution is -2.10. The molecule has 0 amide bonds. The molecule has 0 aliphatic heterocycles. The topological polar surface area (TPSA) is 40.5 Å². The van der Waals surface area contributed by atoms with Crippen LogP contribution in [0.5, 0.6) is 11.5 Å². The molecule has 2 aromatic carbocycles. The van der Waals surface area contributed by atoms with Gasteiger partial charge in [-0.1, -0.05) is 12.1 Å². The standard InChI is InChI=1S/C22H26O2/c1-13-11-15-7-3-5-9-17(15)19(21(13)23)20-18-10-6-4-8-16(18)12-14(2)22(20)24/h11-12,23-24H,3-10H2,1-2H3. The molecule has 0 fully saturated rings. The van der Waals surface area contributed by atoms with E-state index in [9.17, 15) is 10.2 Å². The average molecular weight is 322 g/mol. The SMILES string of the molecule is Cc1cc2c(c(-c3c(O)c(C)cc4c3CCCC4)c1O)CCCC2. The maximum absolute atomic E-state index is 10.9. The molecule has 4 rings (SSSR count). The van der Waals surface area contributed by atoms with Crippen molar-refractivity contribution in [3.8, 4) is 22.6 Å². The van der Waals surface area contributed by atoms with Crippen molar-refractivity contribution in [1.82, 2.24) is 0 Å². The summed E-state index contributed by atoms with van der Waals surface area (Å²) in [4.78, 5) is 0. The summed E-state index contributed by atoms with van der Waals surface area (Å²) in [7, 11) is 0. The molecule has 2 aromatic rings. The van der Waals surface area contributed by atoms with E-state index < -0.39 is 0 Å². The van der Waals surface area contributed by atoms with Crippen molar-refractivity contribution in [3.63, 3.8) is 0 Å². The lowest BCUT2D eigenvalue weighted by atomic mass is 9.78. The first-order chi connectivity index (χ1) is 11.6. The smallest absolute Gasteiger partial charge is 0.126 e. The first-order valence-corrected chi connectivity index (χ1v) is 9.27. The van der Waals surface area contributed by atoms with Gasteiger partial charge < -0.3 is 10.2 Å². The van der Waals surface area contributed by atoms with Crippen LogP contribution < -0.4 is 0 Å². The monoisotopic (exact) mass is 322 g/mol. The molecule has 2 aliphatic rings. The fourth-order valence-corrected chi connectivity index (χ4v) is 4.63. The quantitative estimate of drug-likeness (QED) is 0.763. The minimum atomic E-state index is 0.365. The highest BCUT2D eigenvalue weighted by molar-refractivity contribution is 5.85. The third-order valence-corrected chi connectivity index (χ3v) is 5.88. The summed E-state index contributed by atoms with van der Waals surface area (Å²) in [5.74, 6) is 0.730. The van der Waals surface area contributed by atoms with E-state index in [1.165, 1.54) is 35.1 Å². The van der Waals surface area contributed by atoms with Crippen LogP contribution in [0, 0.1) is 13.8 Å². The minimum Gasteiger partial charge on any atom is -0.507 e. The van der Waals surface area contributed by atoms with Crippen molar-refractivity contribution in [2.75, 3.05) is 0 Å². The summed E-state index contributed by atoms with van der Waals surface area (Å²) in [5, 5.41) is 21.8. The van der Waals surface area contributed by atoms with Gasteiger partial charge in [0.15, 0.2) is 0 Å². The highest BCUT2D eigenvalue weighted by Crippen LogP contribution is 2.48. The number of phenolic OH excluding ortho intramolecular Hbond substituents is 2. The molecule has 126 valence electrons. The van der Waals surface area contributed by atoms with E-state index in [1.807, 2.05) is 13.8 Å². The summed E-state index contributed by atoms with van der Waals surface area (Å²) < 4.78 is 0. The van der Waals surface area contributed by atoms with Crippen molar-refractivity contribution in [3.05, 3.63) is 45.5 Å². The Morgan fingerprint density at radius 2 is 1.00 bits per heavy atom. The third kappa shape index (κ3) is 2.31. The molecule has 2 aliphatic carbocycles. The lowest BCUT2D eigenvalue weighted by molar-refractivity contribution is 0.462. The fraction of sp³-hybridized carbons (Fsp3) is 0.455. The Morgan fingerprint density at radius 1 is 0.625 bits per heavy atom. The number of hydrogen-bond acceptors (Lipinski definition) is 2. The highest BCUT2D eigenvalue weighted by atomic mass is 16.3. The van der Waals surface area contributed by atoms with Gasteiger partial charge in [-0.2, -0.15) is 0 Å². The van der Waals surface area contributed by atoms with E-state index in [0.717, 1.165) is 60.8 Å². The number of rotatable bonds is 1. The fourth-order valence-electron chi connectivity index (χ4n) is 4.63. The summed E-state index contributed by atoms with van der Waals surface area (Å²) in [6.07, 6.45) is 8.93. The van der Waals surface area contributed by atoms with Crippen LogP contribution in [0.2, 0.25) is 0 Å². The molecular formula is C22H26O2. The lowest BCUT2D eigenvalue weighted by Gasteiger charge is -2.27. The molecule has 0 saturated heterocycles. The van der Waals surface area contributed by atoms with Crippen molar-refractivity contribution in [2.24, 2.45) is 0 Å². The zero-order chi connectivity index (χ0) is 16.8. The van der Waals surface area contributed by atoms with Gasteiger partial charge in [-0.25, -0.2) is 0 Å². The first kappa shape index (κ1) is 15.6. The van der Waals surface area contributed by atoms with E-state index in [-0.39, 0.29) is 0 Å². The van der Waals surface area contributed by atoms with Gasteiger partial charge in [-0.05, 0) is 98.6 Å². The normalized spacial score (nSPS) is 16.6. The number of aryl methyl sites for hydroxylation is 4. The van der Waals surface area contributed by atoms with Crippen LogP contribution in [-0.4, -0.2) is 10.2 Å². The largest absolute Gasteiger partial charge is 0.507 e. The Hall–Kier alpha value is -1.96. The van der Waals surface area contributed by atoms with Crippen LogP contribution in [0.3, 0.4) is 0 Å². The molecule has 0 saturated carbocycles. The molecular weight excluding hydrogens is 296 g/mol. The molecule has 0 aromatic heterocycles. The van der Waals surface area contributed by atoms with Gasteiger partial charge in [0.25, 0.3) is 0 Å². The minimum absolute atomic E-state index is 0.365. The van der Waals surface area contributed by atoms with Crippen LogP contribution >= 0.6 is 0 Å². The zero-order valence-corrected chi connectivity index (χ0v) is 14.7. The van der Waals surface area contributed by atoms with E-state index in [2.05, 4.69) is 12.1 Å². The molecule has 0 radical (unpaired) electrons. The molecule has 2 heteroatoms. The predicted octanol–water partition coefficient (Wildman–Crippen LogP) is 5.14. The molecule has 24 heavy (non-hydrogen) atoms. The summed E-state index contributed by atoms with van der Waals surface area (Å²) in [5.41, 5.74) is 8.94. The number of aromatic hydroxyl groups is 2. The van der Waals surface area contributed by atoms with Gasteiger partial charge in [-0.3, -0.25) is 0 Å². The maximum atomic E-state index is 10.9. The summed E-state index contributed by atoms with van der Waals surface area (Å²) in [6, 6.07) is 4.29. The van der Waals surface area contributed by atoms with Crippen molar-refractivity contribution in [2.45, 2.75) is 65.2 Å².